The number of hydrogen-bond donors (Lipinski definition) is 2. The number of phosphoric acid groups is 1. The monoisotopic (exact) mass is 368 g/mol. The molecular weight excluding hydrogens is 333 g/mol. The lowest BCUT2D eigenvalue weighted by atomic mass is 9.93. The molecule has 0 aromatic heterocycles. The number of phosphoric ester groups is 1. The van der Waals surface area contributed by atoms with Crippen molar-refractivity contribution in [3.8, 4) is 0 Å². The van der Waals surface area contributed by atoms with E-state index in [9.17, 15) is 14.4 Å². The summed E-state index contributed by atoms with van der Waals surface area (Å²) in [6.45, 7) is 3.85. The Hall–Kier alpha value is -0.0100. The predicted molar refractivity (Wildman–Crippen MR) is 92.4 cm³/mol. The van der Waals surface area contributed by atoms with E-state index in [4.69, 9.17) is 14.0 Å². The Kier molecular flexibility index (Phi) is 9.97. The lowest BCUT2D eigenvalue weighted by Gasteiger charge is -2.44. The highest BCUT2D eigenvalue weighted by atomic mass is 31.2. The zero-order valence-electron chi connectivity index (χ0n) is 15.4. The van der Waals surface area contributed by atoms with Crippen LogP contribution < -0.4 is 0 Å². The van der Waals surface area contributed by atoms with Gasteiger partial charge in [0.25, 0.3) is 0 Å². The van der Waals surface area contributed by atoms with Gasteiger partial charge in [-0.1, -0.05) is 19.8 Å². The molecule has 144 valence electrons. The van der Waals surface area contributed by atoms with Gasteiger partial charge in [0.15, 0.2) is 0 Å². The molecule has 7 nitrogen and oxygen atoms in total. The molecule has 8 heteroatoms. The van der Waals surface area contributed by atoms with Gasteiger partial charge in [0.05, 0.1) is 33.4 Å². The number of nitrogens with zero attached hydrogens (tertiary/aromatic N) is 1. The molecular formula is C16H35NO6P+. The summed E-state index contributed by atoms with van der Waals surface area (Å²) in [6, 6.07) is 0.333. The molecule has 2 N–H and O–H groups in total. The third-order valence-corrected chi connectivity index (χ3v) is 5.31. The topological polar surface area (TPSA) is 85.2 Å². The van der Waals surface area contributed by atoms with E-state index >= 15 is 0 Å². The maximum absolute atomic E-state index is 11.4. The molecule has 24 heavy (non-hydrogen) atoms. The second kappa shape index (κ2) is 10.9. The predicted octanol–water partition coefficient (Wildman–Crippen LogP) is 2.66. The number of quaternary nitrogens is 1. The minimum absolute atomic E-state index is 0.145. The lowest BCUT2D eigenvalue weighted by Crippen LogP contribution is -2.58. The maximum atomic E-state index is 11.4. The molecule has 1 aliphatic rings. The Morgan fingerprint density at radius 3 is 2.29 bits per heavy atom. The van der Waals surface area contributed by atoms with Crippen LogP contribution in [0.2, 0.25) is 0 Å². The normalized spacial score (nSPS) is 18.7. The lowest BCUT2D eigenvalue weighted by molar-refractivity contribution is -0.958. The van der Waals surface area contributed by atoms with Crippen LogP contribution in [-0.4, -0.2) is 67.1 Å². The second-order valence-corrected chi connectivity index (χ2v) is 8.20. The van der Waals surface area contributed by atoms with Gasteiger partial charge in [-0.3, -0.25) is 4.48 Å². The van der Waals surface area contributed by atoms with Crippen LogP contribution in [0, 0.1) is 0 Å². The summed E-state index contributed by atoms with van der Waals surface area (Å²) in [5, 5.41) is 0. The molecule has 1 fully saturated rings. The Balaban J connectivity index is 2.51. The van der Waals surface area contributed by atoms with E-state index in [0.29, 0.717) is 30.3 Å². The zero-order valence-corrected chi connectivity index (χ0v) is 16.2. The summed E-state index contributed by atoms with van der Waals surface area (Å²) in [5.41, 5.74) is 0. The molecule has 0 spiro atoms. The van der Waals surface area contributed by atoms with E-state index in [0.717, 1.165) is 38.5 Å². The van der Waals surface area contributed by atoms with Gasteiger partial charge in [-0.05, 0) is 32.1 Å². The standard InChI is InChI=1S/C16H34NO6P/c1-4-5-11-21-12-13-22-14-16(23-24(18,19)20)17(2,3)15-9-7-6-8-10-15/h15-16H,4-14H2,1-3H3,(H-,18,19,20)/p+1. The van der Waals surface area contributed by atoms with Crippen molar-refractivity contribution in [2.75, 3.05) is 40.5 Å². The van der Waals surface area contributed by atoms with Crippen molar-refractivity contribution in [3.05, 3.63) is 0 Å². The highest BCUT2D eigenvalue weighted by Crippen LogP contribution is 2.41. The van der Waals surface area contributed by atoms with Gasteiger partial charge in [0.2, 0.25) is 6.23 Å². The number of rotatable bonds is 12. The van der Waals surface area contributed by atoms with Crippen LogP contribution in [0.3, 0.4) is 0 Å². The molecule has 0 saturated heterocycles. The first-order valence-electron chi connectivity index (χ1n) is 9.00. The highest BCUT2D eigenvalue weighted by Gasteiger charge is 2.41. The first-order valence-corrected chi connectivity index (χ1v) is 10.5. The van der Waals surface area contributed by atoms with E-state index in [2.05, 4.69) is 6.92 Å². The van der Waals surface area contributed by atoms with Crippen LogP contribution in [0.1, 0.15) is 51.9 Å². The van der Waals surface area contributed by atoms with Crippen LogP contribution in [0.15, 0.2) is 0 Å². The summed E-state index contributed by atoms with van der Waals surface area (Å²) in [4.78, 5) is 18.5. The number of ether oxygens (including phenoxy) is 2. The minimum atomic E-state index is -4.57. The first-order chi connectivity index (χ1) is 11.3. The zero-order chi connectivity index (χ0) is 18.1. The summed E-state index contributed by atoms with van der Waals surface area (Å²) in [6.07, 6.45) is 7.06. The van der Waals surface area contributed by atoms with E-state index in [1.807, 2.05) is 14.1 Å². The summed E-state index contributed by atoms with van der Waals surface area (Å²) in [7, 11) is -0.627. The van der Waals surface area contributed by atoms with Crippen LogP contribution in [0.25, 0.3) is 0 Å². The summed E-state index contributed by atoms with van der Waals surface area (Å²) < 4.78 is 27.9. The van der Waals surface area contributed by atoms with Gasteiger partial charge >= 0.3 is 7.82 Å². The summed E-state index contributed by atoms with van der Waals surface area (Å²) in [5.74, 6) is 0. The van der Waals surface area contributed by atoms with Gasteiger partial charge in [-0.2, -0.15) is 0 Å². The fraction of sp³-hybridized carbons (Fsp3) is 1.00. The van der Waals surface area contributed by atoms with Crippen molar-refractivity contribution in [2.24, 2.45) is 0 Å². The van der Waals surface area contributed by atoms with Gasteiger partial charge in [0.1, 0.15) is 6.61 Å². The first kappa shape index (κ1) is 22.0. The summed E-state index contributed by atoms with van der Waals surface area (Å²) >= 11 is 0. The largest absolute Gasteiger partial charge is 0.474 e. The molecule has 1 aliphatic carbocycles. The van der Waals surface area contributed by atoms with Crippen molar-refractivity contribution < 1.29 is 32.8 Å². The van der Waals surface area contributed by atoms with Crippen LogP contribution in [0.4, 0.5) is 0 Å². The Morgan fingerprint density at radius 2 is 1.71 bits per heavy atom. The molecule has 0 amide bonds. The number of likely N-dealkylation sites (N-methyl/N-ethyl adjacent to an activating group) is 1. The molecule has 1 saturated carbocycles. The number of hydrogen-bond acceptors (Lipinski definition) is 4. The van der Waals surface area contributed by atoms with E-state index in [1.165, 1.54) is 6.42 Å². The highest BCUT2D eigenvalue weighted by molar-refractivity contribution is 7.46. The molecule has 1 rings (SSSR count). The molecule has 1 unspecified atom stereocenters. The number of unbranched alkanes of at least 4 members (excludes halogenated alkanes) is 1. The Morgan fingerprint density at radius 1 is 1.08 bits per heavy atom. The van der Waals surface area contributed by atoms with Gasteiger partial charge in [-0.25, -0.2) is 9.09 Å². The Labute approximate surface area is 146 Å². The molecule has 0 aromatic carbocycles. The van der Waals surface area contributed by atoms with Gasteiger partial charge in [-0.15, -0.1) is 0 Å². The molecule has 0 heterocycles. The second-order valence-electron chi connectivity index (χ2n) is 7.01. The van der Waals surface area contributed by atoms with Crippen molar-refractivity contribution in [3.63, 3.8) is 0 Å². The van der Waals surface area contributed by atoms with Gasteiger partial charge in [0, 0.05) is 6.61 Å². The van der Waals surface area contributed by atoms with Crippen LogP contribution in [0.5, 0.6) is 0 Å². The minimum Gasteiger partial charge on any atom is -0.379 e. The van der Waals surface area contributed by atoms with Crippen molar-refractivity contribution in [1.82, 2.24) is 0 Å². The molecule has 1 atom stereocenters. The van der Waals surface area contributed by atoms with Gasteiger partial charge < -0.3 is 19.3 Å². The maximum Gasteiger partial charge on any atom is 0.474 e. The molecule has 0 aromatic rings. The Bertz CT molecular complexity index is 381. The SMILES string of the molecule is CCCCOCCOCC(OP(=O)(O)O)[N+](C)(C)C1CCCCC1. The quantitative estimate of drug-likeness (QED) is 0.238. The van der Waals surface area contributed by atoms with E-state index in [1.54, 1.807) is 0 Å². The van der Waals surface area contributed by atoms with Crippen LogP contribution in [-0.2, 0) is 18.6 Å². The smallest absolute Gasteiger partial charge is 0.379 e. The fourth-order valence-electron chi connectivity index (χ4n) is 3.13. The third kappa shape index (κ3) is 8.39. The third-order valence-electron chi connectivity index (χ3n) is 4.79. The van der Waals surface area contributed by atoms with E-state index in [-0.39, 0.29) is 6.61 Å². The average Bonchev–Trinajstić information content (AvgIpc) is 2.52. The van der Waals surface area contributed by atoms with Crippen molar-refractivity contribution >= 4 is 7.82 Å². The van der Waals surface area contributed by atoms with Crippen molar-refractivity contribution in [1.29, 1.82) is 0 Å². The average molecular weight is 368 g/mol. The van der Waals surface area contributed by atoms with Crippen LogP contribution >= 0.6 is 7.82 Å². The van der Waals surface area contributed by atoms with E-state index < -0.39 is 14.1 Å². The van der Waals surface area contributed by atoms with Crippen molar-refractivity contribution in [2.45, 2.75) is 64.1 Å². The fourth-order valence-corrected chi connectivity index (χ4v) is 3.76. The molecule has 0 radical (unpaired) electrons. The molecule has 0 bridgehead atoms. The molecule has 0 aliphatic heterocycles.